The highest BCUT2D eigenvalue weighted by Crippen LogP contribution is 2.46. The summed E-state index contributed by atoms with van der Waals surface area (Å²) >= 11 is 0. The Morgan fingerprint density at radius 3 is 2.45 bits per heavy atom. The number of anilines is 2. The van der Waals surface area contributed by atoms with E-state index in [1.165, 1.54) is 23.0 Å². The minimum absolute atomic E-state index is 0.102. The first-order valence-electron chi connectivity index (χ1n) is 12.3. The smallest absolute Gasteiger partial charge is 0.416 e. The molecule has 1 aliphatic heterocycles. The molecule has 0 bridgehead atoms. The van der Waals surface area contributed by atoms with Crippen molar-refractivity contribution in [1.82, 2.24) is 9.78 Å². The van der Waals surface area contributed by atoms with Crippen LogP contribution >= 0.6 is 0 Å². The Bertz CT molecular complexity index is 1420. The van der Waals surface area contributed by atoms with Crippen molar-refractivity contribution in [3.05, 3.63) is 82.7 Å². The van der Waals surface area contributed by atoms with Gasteiger partial charge in [-0.3, -0.25) is 9.59 Å². The van der Waals surface area contributed by atoms with E-state index < -0.39 is 23.7 Å². The molecule has 7 nitrogen and oxygen atoms in total. The molecule has 0 radical (unpaired) electrons. The number of carbonyl (C=O) groups excluding carboxylic acids is 2. The van der Waals surface area contributed by atoms with Crippen LogP contribution in [0.15, 0.2) is 66.0 Å². The molecule has 10 heteroatoms. The molecule has 0 saturated carbocycles. The molecular formula is C28H27F3N4O3. The standard InChI is InChI=1S/C28H27F3N4O3/c1-4-38-19-11-9-18(10-12-19)33-26(37)20-15-32-35-24(16-5-7-17(8-6-16)28(29,30)31)23-21(34-25(20)35)13-27(2,3)14-22(23)36/h5-12,15,24,34H,4,13-14H2,1-3H3,(H,33,37)/t24-/m1/s1. The molecule has 1 atom stereocenters. The Morgan fingerprint density at radius 1 is 1.13 bits per heavy atom. The predicted octanol–water partition coefficient (Wildman–Crippen LogP) is 6.21. The third-order valence-corrected chi connectivity index (χ3v) is 6.72. The number of nitrogens with one attached hydrogen (secondary N) is 2. The summed E-state index contributed by atoms with van der Waals surface area (Å²) in [4.78, 5) is 26.6. The normalized spacial score (nSPS) is 18.4. The molecule has 5 rings (SSSR count). The van der Waals surface area contributed by atoms with Gasteiger partial charge in [0, 0.05) is 23.4 Å². The largest absolute Gasteiger partial charge is 0.494 e. The lowest BCUT2D eigenvalue weighted by Crippen LogP contribution is -2.37. The zero-order valence-electron chi connectivity index (χ0n) is 21.1. The van der Waals surface area contributed by atoms with Crippen molar-refractivity contribution < 1.29 is 27.5 Å². The fourth-order valence-corrected chi connectivity index (χ4v) is 5.04. The lowest BCUT2D eigenvalue weighted by Gasteiger charge is -2.39. The molecule has 3 aromatic rings. The van der Waals surface area contributed by atoms with Crippen LogP contribution in [0.1, 0.15) is 61.1 Å². The summed E-state index contributed by atoms with van der Waals surface area (Å²) in [5.74, 6) is 0.538. The molecule has 198 valence electrons. The summed E-state index contributed by atoms with van der Waals surface area (Å²) in [5.41, 5.74) is 1.29. The number of aromatic nitrogens is 2. The number of Topliss-reactive ketones (excluding diaryl/α,β-unsaturated/α-hetero) is 1. The number of ether oxygens (including phenoxy) is 1. The second-order valence-corrected chi connectivity index (χ2v) is 10.2. The molecule has 0 saturated heterocycles. The van der Waals surface area contributed by atoms with Gasteiger partial charge in [-0.2, -0.15) is 18.3 Å². The van der Waals surface area contributed by atoms with E-state index in [0.29, 0.717) is 53.5 Å². The number of hydrogen-bond acceptors (Lipinski definition) is 5. The van der Waals surface area contributed by atoms with Crippen LogP contribution in [-0.2, 0) is 11.0 Å². The third kappa shape index (κ3) is 4.78. The number of amides is 1. The second kappa shape index (κ2) is 9.34. The quantitative estimate of drug-likeness (QED) is 0.415. The summed E-state index contributed by atoms with van der Waals surface area (Å²) in [5, 5.41) is 10.5. The van der Waals surface area contributed by atoms with E-state index >= 15 is 0 Å². The number of ketones is 1. The number of alkyl halides is 3. The van der Waals surface area contributed by atoms with Crippen molar-refractivity contribution in [2.24, 2.45) is 5.41 Å². The Labute approximate surface area is 217 Å². The molecule has 2 heterocycles. The minimum atomic E-state index is -4.48. The molecule has 2 aromatic carbocycles. The zero-order valence-corrected chi connectivity index (χ0v) is 21.1. The highest BCUT2D eigenvalue weighted by atomic mass is 19.4. The number of halogens is 3. The van der Waals surface area contributed by atoms with Gasteiger partial charge in [0.2, 0.25) is 0 Å². The van der Waals surface area contributed by atoms with Crippen LogP contribution in [0, 0.1) is 5.41 Å². The van der Waals surface area contributed by atoms with Crippen LogP contribution in [-0.4, -0.2) is 28.1 Å². The summed E-state index contributed by atoms with van der Waals surface area (Å²) in [6.45, 7) is 6.37. The monoisotopic (exact) mass is 524 g/mol. The second-order valence-electron chi connectivity index (χ2n) is 10.2. The molecule has 2 aliphatic rings. The molecule has 2 N–H and O–H groups in total. The molecule has 0 unspecified atom stereocenters. The third-order valence-electron chi connectivity index (χ3n) is 6.72. The predicted molar refractivity (Wildman–Crippen MR) is 136 cm³/mol. The molecule has 0 fully saturated rings. The highest BCUT2D eigenvalue weighted by Gasteiger charge is 2.42. The first-order valence-corrected chi connectivity index (χ1v) is 12.3. The van der Waals surface area contributed by atoms with E-state index in [0.717, 1.165) is 12.1 Å². The molecule has 1 amide bonds. The van der Waals surface area contributed by atoms with Crippen molar-refractivity contribution >= 4 is 23.2 Å². The summed E-state index contributed by atoms with van der Waals surface area (Å²) in [6, 6.07) is 10.9. The van der Waals surface area contributed by atoms with Gasteiger partial charge < -0.3 is 15.4 Å². The van der Waals surface area contributed by atoms with Crippen LogP contribution in [0.2, 0.25) is 0 Å². The van der Waals surface area contributed by atoms with E-state index in [1.807, 2.05) is 20.8 Å². The van der Waals surface area contributed by atoms with Gasteiger partial charge in [0.05, 0.1) is 18.4 Å². The number of rotatable bonds is 5. The van der Waals surface area contributed by atoms with Gasteiger partial charge in [0.1, 0.15) is 23.2 Å². The van der Waals surface area contributed by atoms with Crippen molar-refractivity contribution in [3.63, 3.8) is 0 Å². The first kappa shape index (κ1) is 25.6. The molecular weight excluding hydrogens is 497 g/mol. The van der Waals surface area contributed by atoms with Gasteiger partial charge in [0.25, 0.3) is 5.91 Å². The average molecular weight is 525 g/mol. The van der Waals surface area contributed by atoms with Gasteiger partial charge >= 0.3 is 6.18 Å². The SMILES string of the molecule is CCOc1ccc(NC(=O)c2cnn3c2NC2=C(C(=O)CC(C)(C)C2)[C@H]3c2ccc(C(F)(F)F)cc2)cc1. The zero-order chi connectivity index (χ0) is 27.2. The Kier molecular flexibility index (Phi) is 6.28. The average Bonchev–Trinajstić information content (AvgIpc) is 3.26. The molecule has 0 spiro atoms. The van der Waals surface area contributed by atoms with Crippen LogP contribution < -0.4 is 15.4 Å². The maximum Gasteiger partial charge on any atom is 0.416 e. The number of benzene rings is 2. The maximum absolute atomic E-state index is 13.3. The van der Waals surface area contributed by atoms with Gasteiger partial charge in [-0.15, -0.1) is 0 Å². The summed E-state index contributed by atoms with van der Waals surface area (Å²) < 4.78 is 46.6. The van der Waals surface area contributed by atoms with E-state index in [1.54, 1.807) is 24.3 Å². The maximum atomic E-state index is 13.3. The van der Waals surface area contributed by atoms with E-state index in [2.05, 4.69) is 15.7 Å². The van der Waals surface area contributed by atoms with Crippen LogP contribution in [0.5, 0.6) is 5.75 Å². The van der Waals surface area contributed by atoms with Crippen LogP contribution in [0.25, 0.3) is 0 Å². The Morgan fingerprint density at radius 2 is 1.82 bits per heavy atom. The summed E-state index contributed by atoms with van der Waals surface area (Å²) in [7, 11) is 0. The van der Waals surface area contributed by atoms with Crippen molar-refractivity contribution in [1.29, 1.82) is 0 Å². The van der Waals surface area contributed by atoms with Gasteiger partial charge in [0.15, 0.2) is 5.78 Å². The lowest BCUT2D eigenvalue weighted by molar-refractivity contribution is -0.137. The van der Waals surface area contributed by atoms with Crippen molar-refractivity contribution in [3.8, 4) is 5.75 Å². The Hall–Kier alpha value is -4.08. The van der Waals surface area contributed by atoms with E-state index in [9.17, 15) is 22.8 Å². The number of hydrogen-bond donors (Lipinski definition) is 2. The first-order chi connectivity index (χ1) is 18.0. The molecule has 1 aromatic heterocycles. The number of allylic oxidation sites excluding steroid dienone is 2. The van der Waals surface area contributed by atoms with Gasteiger partial charge in [-0.25, -0.2) is 4.68 Å². The van der Waals surface area contributed by atoms with Gasteiger partial charge in [-0.05, 0) is 60.7 Å². The number of fused-ring (bicyclic) bond motifs is 1. The summed E-state index contributed by atoms with van der Waals surface area (Å²) in [6.07, 6.45) is -2.25. The van der Waals surface area contributed by atoms with E-state index in [-0.39, 0.29) is 16.8 Å². The van der Waals surface area contributed by atoms with Crippen LogP contribution in [0.4, 0.5) is 24.7 Å². The van der Waals surface area contributed by atoms with Crippen LogP contribution in [0.3, 0.4) is 0 Å². The molecule has 38 heavy (non-hydrogen) atoms. The fourth-order valence-electron chi connectivity index (χ4n) is 5.04. The molecule has 1 aliphatic carbocycles. The minimum Gasteiger partial charge on any atom is -0.494 e. The fraction of sp³-hybridized carbons (Fsp3) is 0.321. The lowest BCUT2D eigenvalue weighted by atomic mass is 9.73. The highest BCUT2D eigenvalue weighted by molar-refractivity contribution is 6.08. The topological polar surface area (TPSA) is 85.2 Å². The van der Waals surface area contributed by atoms with Crippen molar-refractivity contribution in [2.45, 2.75) is 45.8 Å². The number of nitrogens with zero attached hydrogens (tertiary/aromatic N) is 2. The number of carbonyl (C=O) groups is 2. The van der Waals surface area contributed by atoms with E-state index in [4.69, 9.17) is 4.74 Å². The van der Waals surface area contributed by atoms with Crippen molar-refractivity contribution in [2.75, 3.05) is 17.2 Å². The van der Waals surface area contributed by atoms with Gasteiger partial charge in [-0.1, -0.05) is 26.0 Å². The Balaban J connectivity index is 1.53.